The summed E-state index contributed by atoms with van der Waals surface area (Å²) in [7, 11) is 5.37. The Kier molecular flexibility index (Phi) is 5.35. The summed E-state index contributed by atoms with van der Waals surface area (Å²) in [5, 5.41) is 3.06. The van der Waals surface area contributed by atoms with Gasteiger partial charge in [0.15, 0.2) is 5.69 Å². The van der Waals surface area contributed by atoms with Crippen LogP contribution in [0.1, 0.15) is 16.9 Å². The maximum Gasteiger partial charge on any atom is 0.356 e. The van der Waals surface area contributed by atoms with Gasteiger partial charge in [0.05, 0.1) is 7.11 Å². The number of nitrogens with zero attached hydrogens (tertiary/aromatic N) is 3. The lowest BCUT2D eigenvalue weighted by Crippen LogP contribution is -2.17. The van der Waals surface area contributed by atoms with E-state index in [2.05, 4.69) is 24.9 Å². The van der Waals surface area contributed by atoms with Gasteiger partial charge in [0, 0.05) is 12.7 Å². The van der Waals surface area contributed by atoms with Crippen molar-refractivity contribution in [2.24, 2.45) is 0 Å². The second-order valence-corrected chi connectivity index (χ2v) is 3.84. The molecule has 0 saturated heterocycles. The number of nitrogens with one attached hydrogen (secondary N) is 1. The van der Waals surface area contributed by atoms with E-state index >= 15 is 0 Å². The third-order valence-corrected chi connectivity index (χ3v) is 2.12. The fourth-order valence-electron chi connectivity index (χ4n) is 1.26. The second kappa shape index (κ2) is 6.80. The van der Waals surface area contributed by atoms with Gasteiger partial charge >= 0.3 is 5.97 Å². The van der Waals surface area contributed by atoms with Crippen molar-refractivity contribution in [3.8, 4) is 0 Å². The smallest absolute Gasteiger partial charge is 0.356 e. The molecule has 0 aliphatic heterocycles. The Hall–Kier alpha value is -1.69. The minimum absolute atomic E-state index is 0.262. The molecule has 0 radical (unpaired) electrons. The zero-order chi connectivity index (χ0) is 12.7. The van der Waals surface area contributed by atoms with Gasteiger partial charge in [-0.1, -0.05) is 0 Å². The van der Waals surface area contributed by atoms with Crippen molar-refractivity contribution in [2.75, 3.05) is 39.6 Å². The van der Waals surface area contributed by atoms with Gasteiger partial charge in [-0.25, -0.2) is 14.8 Å². The van der Waals surface area contributed by atoms with Crippen LogP contribution in [0.3, 0.4) is 0 Å². The predicted molar refractivity (Wildman–Crippen MR) is 65.0 cm³/mol. The summed E-state index contributed by atoms with van der Waals surface area (Å²) in [4.78, 5) is 21.4. The number of methoxy groups -OCH3 is 1. The molecule has 1 N–H and O–H groups in total. The largest absolute Gasteiger partial charge is 0.464 e. The van der Waals surface area contributed by atoms with E-state index < -0.39 is 5.97 Å². The molecule has 0 aromatic carbocycles. The highest BCUT2D eigenvalue weighted by Crippen LogP contribution is 2.01. The molecule has 6 heteroatoms. The van der Waals surface area contributed by atoms with Crippen molar-refractivity contribution in [3.05, 3.63) is 18.0 Å². The quantitative estimate of drug-likeness (QED) is 0.579. The SMILES string of the molecule is COC(=O)c1ccnc(NCCCN(C)C)n1. The number of ether oxygens (including phenoxy) is 1. The first-order valence-corrected chi connectivity index (χ1v) is 5.43. The normalized spacial score (nSPS) is 10.4. The van der Waals surface area contributed by atoms with Crippen LogP contribution in [0.2, 0.25) is 0 Å². The van der Waals surface area contributed by atoms with Crippen LogP contribution in [0.25, 0.3) is 0 Å². The molecular weight excluding hydrogens is 220 g/mol. The molecular formula is C11H18N4O2. The van der Waals surface area contributed by atoms with Crippen LogP contribution >= 0.6 is 0 Å². The van der Waals surface area contributed by atoms with E-state index in [0.717, 1.165) is 19.5 Å². The molecule has 1 rings (SSSR count). The maximum atomic E-state index is 11.2. The fraction of sp³-hybridized carbons (Fsp3) is 0.545. The standard InChI is InChI=1S/C11H18N4O2/c1-15(2)8-4-6-12-11-13-7-5-9(14-11)10(16)17-3/h5,7H,4,6,8H2,1-3H3,(H,12,13,14). The highest BCUT2D eigenvalue weighted by Gasteiger charge is 2.07. The number of esters is 1. The van der Waals surface area contributed by atoms with Gasteiger partial charge in [0.1, 0.15) is 0 Å². The van der Waals surface area contributed by atoms with Crippen LogP contribution in [0.4, 0.5) is 5.95 Å². The lowest BCUT2D eigenvalue weighted by molar-refractivity contribution is 0.0594. The average Bonchev–Trinajstić information content (AvgIpc) is 2.34. The van der Waals surface area contributed by atoms with Gasteiger partial charge in [0.25, 0.3) is 0 Å². The number of carbonyl (C=O) groups is 1. The average molecular weight is 238 g/mol. The third kappa shape index (κ3) is 4.78. The molecule has 0 amide bonds. The number of hydrogen-bond donors (Lipinski definition) is 1. The molecule has 0 unspecified atom stereocenters. The molecule has 6 nitrogen and oxygen atoms in total. The van der Waals surface area contributed by atoms with Gasteiger partial charge < -0.3 is 15.0 Å². The van der Waals surface area contributed by atoms with Crippen LogP contribution in [0, 0.1) is 0 Å². The fourth-order valence-corrected chi connectivity index (χ4v) is 1.26. The number of rotatable bonds is 6. The minimum Gasteiger partial charge on any atom is -0.464 e. The van der Waals surface area contributed by atoms with Gasteiger partial charge in [0.2, 0.25) is 5.95 Å². The van der Waals surface area contributed by atoms with Crippen molar-refractivity contribution >= 4 is 11.9 Å². The van der Waals surface area contributed by atoms with E-state index in [1.54, 1.807) is 0 Å². The van der Waals surface area contributed by atoms with Crippen LogP contribution < -0.4 is 5.32 Å². The molecule has 94 valence electrons. The minimum atomic E-state index is -0.455. The Morgan fingerprint density at radius 1 is 1.53 bits per heavy atom. The first kappa shape index (κ1) is 13.4. The summed E-state index contributed by atoms with van der Waals surface area (Å²) < 4.78 is 4.58. The molecule has 0 aliphatic rings. The Morgan fingerprint density at radius 2 is 2.29 bits per heavy atom. The van der Waals surface area contributed by atoms with Gasteiger partial charge in [-0.15, -0.1) is 0 Å². The Bertz CT molecular complexity index is 368. The molecule has 0 aliphatic carbocycles. The number of hydrogen-bond acceptors (Lipinski definition) is 6. The number of carbonyl (C=O) groups excluding carboxylic acids is 1. The highest BCUT2D eigenvalue weighted by molar-refractivity contribution is 5.87. The zero-order valence-electron chi connectivity index (χ0n) is 10.4. The van der Waals surface area contributed by atoms with E-state index in [1.807, 2.05) is 14.1 Å². The van der Waals surface area contributed by atoms with Crippen molar-refractivity contribution < 1.29 is 9.53 Å². The van der Waals surface area contributed by atoms with Crippen molar-refractivity contribution in [1.82, 2.24) is 14.9 Å². The molecule has 0 bridgehead atoms. The second-order valence-electron chi connectivity index (χ2n) is 3.84. The molecule has 0 atom stereocenters. The summed E-state index contributed by atoms with van der Waals surface area (Å²) in [5.41, 5.74) is 0.262. The molecule has 1 heterocycles. The number of anilines is 1. The van der Waals surface area contributed by atoms with E-state index in [9.17, 15) is 4.79 Å². The van der Waals surface area contributed by atoms with E-state index in [1.165, 1.54) is 19.4 Å². The van der Waals surface area contributed by atoms with Crippen molar-refractivity contribution in [3.63, 3.8) is 0 Å². The third-order valence-electron chi connectivity index (χ3n) is 2.12. The monoisotopic (exact) mass is 238 g/mol. The Morgan fingerprint density at radius 3 is 2.94 bits per heavy atom. The summed E-state index contributed by atoms with van der Waals surface area (Å²) in [5.74, 6) is -0.00426. The summed E-state index contributed by atoms with van der Waals surface area (Å²) >= 11 is 0. The first-order chi connectivity index (χ1) is 8.13. The van der Waals surface area contributed by atoms with Crippen LogP contribution in [-0.4, -0.2) is 55.1 Å². The van der Waals surface area contributed by atoms with E-state index in [-0.39, 0.29) is 5.69 Å². The topological polar surface area (TPSA) is 67.3 Å². The number of aromatic nitrogens is 2. The molecule has 17 heavy (non-hydrogen) atoms. The first-order valence-electron chi connectivity index (χ1n) is 5.43. The van der Waals surface area contributed by atoms with Crippen molar-refractivity contribution in [1.29, 1.82) is 0 Å². The molecule has 0 spiro atoms. The summed E-state index contributed by atoms with van der Waals surface area (Å²) in [6, 6.07) is 1.52. The van der Waals surface area contributed by atoms with Crippen LogP contribution in [0.15, 0.2) is 12.3 Å². The molecule has 0 saturated carbocycles. The van der Waals surface area contributed by atoms with Gasteiger partial charge in [-0.3, -0.25) is 0 Å². The molecule has 0 fully saturated rings. The molecule has 1 aromatic heterocycles. The maximum absolute atomic E-state index is 11.2. The van der Waals surface area contributed by atoms with Crippen molar-refractivity contribution in [2.45, 2.75) is 6.42 Å². The van der Waals surface area contributed by atoms with Crippen LogP contribution in [-0.2, 0) is 4.74 Å². The summed E-state index contributed by atoms with van der Waals surface area (Å²) in [6.45, 7) is 1.76. The van der Waals surface area contributed by atoms with E-state index in [4.69, 9.17) is 0 Å². The predicted octanol–water partition coefficient (Wildman–Crippen LogP) is 0.627. The van der Waals surface area contributed by atoms with Gasteiger partial charge in [-0.2, -0.15) is 0 Å². The van der Waals surface area contributed by atoms with Crippen LogP contribution in [0.5, 0.6) is 0 Å². The lowest BCUT2D eigenvalue weighted by Gasteiger charge is -2.09. The summed E-state index contributed by atoms with van der Waals surface area (Å²) in [6.07, 6.45) is 2.52. The zero-order valence-corrected chi connectivity index (χ0v) is 10.4. The van der Waals surface area contributed by atoms with E-state index in [0.29, 0.717) is 5.95 Å². The highest BCUT2D eigenvalue weighted by atomic mass is 16.5. The lowest BCUT2D eigenvalue weighted by atomic mass is 10.4. The Labute approximate surface area is 101 Å². The Balaban J connectivity index is 2.46. The van der Waals surface area contributed by atoms with Gasteiger partial charge in [-0.05, 0) is 33.1 Å². The molecule has 1 aromatic rings.